The Hall–Kier alpha value is -1.22. The molecule has 15 heteroatoms. The number of alkyl halides is 6. The molecule has 7 nitrogen and oxygen atoms in total. The maximum atomic E-state index is 11.5. The van der Waals surface area contributed by atoms with Crippen LogP contribution in [0.1, 0.15) is 46.0 Å². The second-order valence-electron chi connectivity index (χ2n) is 6.05. The van der Waals surface area contributed by atoms with E-state index in [0.717, 1.165) is 13.2 Å². The minimum absolute atomic E-state index is 0.493. The lowest BCUT2D eigenvalue weighted by Crippen LogP contribution is -2.45. The van der Waals surface area contributed by atoms with E-state index in [4.69, 9.17) is 0 Å². The lowest BCUT2D eigenvalue weighted by atomic mass is 10.1. The summed E-state index contributed by atoms with van der Waals surface area (Å²) in [4.78, 5) is 4.75. The lowest BCUT2D eigenvalue weighted by molar-refractivity contribution is -0.0476. The van der Waals surface area contributed by atoms with E-state index < -0.39 is 35.2 Å². The van der Waals surface area contributed by atoms with Gasteiger partial charge in [-0.05, 0) is 13.3 Å². The van der Waals surface area contributed by atoms with Crippen LogP contribution in [0.15, 0.2) is 12.4 Å². The second-order valence-corrected chi connectivity index (χ2v) is 9.66. The van der Waals surface area contributed by atoms with Crippen LogP contribution < -0.4 is 4.13 Å². The summed E-state index contributed by atoms with van der Waals surface area (Å²) in [5, 5.41) is 0. The van der Waals surface area contributed by atoms with Gasteiger partial charge < -0.3 is 9.80 Å². The average Bonchev–Trinajstić information content (AvgIpc) is 3.00. The van der Waals surface area contributed by atoms with Crippen molar-refractivity contribution in [3.05, 3.63) is 12.4 Å². The van der Waals surface area contributed by atoms with Gasteiger partial charge in [-0.15, -0.1) is 0 Å². The van der Waals surface area contributed by atoms with Crippen molar-refractivity contribution in [1.82, 2.24) is 13.9 Å². The average molecular weight is 477 g/mol. The van der Waals surface area contributed by atoms with Crippen LogP contribution in [0.4, 0.5) is 26.3 Å². The van der Waals surface area contributed by atoms with Crippen molar-refractivity contribution in [2.24, 2.45) is 0 Å². The van der Waals surface area contributed by atoms with Crippen LogP contribution in [0, 0.1) is 0 Å². The third-order valence-corrected chi connectivity index (χ3v) is 6.61. The van der Waals surface area contributed by atoms with Crippen molar-refractivity contribution in [1.29, 1.82) is 0 Å². The molecular weight excluding hydrogens is 452 g/mol. The van der Waals surface area contributed by atoms with Crippen LogP contribution in [-0.2, 0) is 20.0 Å². The van der Waals surface area contributed by atoms with Crippen LogP contribution >= 0.6 is 0 Å². The molecule has 0 bridgehead atoms. The Bertz CT molecular complexity index is 679. The predicted octanol–water partition coefficient (Wildman–Crippen LogP) is 3.30. The van der Waals surface area contributed by atoms with Gasteiger partial charge in [-0.25, -0.2) is 16.8 Å². The minimum atomic E-state index is -6.60. The molecule has 1 rings (SSSR count). The Morgan fingerprint density at radius 3 is 1.62 bits per heavy atom. The summed E-state index contributed by atoms with van der Waals surface area (Å²) >= 11 is 0. The Morgan fingerprint density at radius 1 is 0.793 bits per heavy atom. The van der Waals surface area contributed by atoms with Crippen molar-refractivity contribution in [3.8, 4) is 0 Å². The van der Waals surface area contributed by atoms with Crippen molar-refractivity contribution >= 4 is 20.0 Å². The van der Waals surface area contributed by atoms with Crippen molar-refractivity contribution in [2.45, 2.75) is 57.0 Å². The van der Waals surface area contributed by atoms with Crippen molar-refractivity contribution in [2.75, 3.05) is 19.8 Å². The molecule has 29 heavy (non-hydrogen) atoms. The van der Waals surface area contributed by atoms with Crippen molar-refractivity contribution in [3.63, 3.8) is 0 Å². The summed E-state index contributed by atoms with van der Waals surface area (Å²) in [6.07, 6.45) is 11.3. The van der Waals surface area contributed by atoms with Gasteiger partial charge in [0.2, 0.25) is 0 Å². The van der Waals surface area contributed by atoms with Gasteiger partial charge in [-0.1, -0.05) is 36.7 Å². The maximum absolute atomic E-state index is 11.5. The number of rotatable bonds is 9. The van der Waals surface area contributed by atoms with E-state index in [2.05, 4.69) is 36.0 Å². The first kappa shape index (κ1) is 27.8. The Morgan fingerprint density at radius 2 is 1.24 bits per heavy atom. The lowest BCUT2D eigenvalue weighted by Gasteiger charge is -2.19. The van der Waals surface area contributed by atoms with E-state index in [-0.39, 0.29) is 0 Å². The fourth-order valence-electron chi connectivity index (χ4n) is 2.02. The van der Waals surface area contributed by atoms with Gasteiger partial charge in [0.15, 0.2) is 0 Å². The van der Waals surface area contributed by atoms with E-state index in [1.54, 1.807) is 0 Å². The summed E-state index contributed by atoms with van der Waals surface area (Å²) in [6, 6.07) is 0. The molecule has 0 aromatic carbocycles. The highest BCUT2D eigenvalue weighted by Crippen LogP contribution is 2.27. The quantitative estimate of drug-likeness (QED) is 0.405. The second kappa shape index (κ2) is 11.2. The molecule has 0 radical (unpaired) electrons. The summed E-state index contributed by atoms with van der Waals surface area (Å²) in [5.41, 5.74) is -12.3. The number of hydrogen-bond acceptors (Lipinski definition) is 6. The monoisotopic (exact) mass is 477 g/mol. The highest BCUT2D eigenvalue weighted by atomic mass is 32.3. The molecule has 0 aromatic heterocycles. The maximum Gasteiger partial charge on any atom is 0.512 e. The number of nitrogens with one attached hydrogen (secondary N) is 1. The third-order valence-electron chi connectivity index (χ3n) is 3.64. The first-order chi connectivity index (χ1) is 13.1. The topological polar surface area (TPSA) is 86.8 Å². The fraction of sp³-hybridized carbons (Fsp3) is 0.857. The zero-order valence-electron chi connectivity index (χ0n) is 15.9. The molecule has 0 unspecified atom stereocenters. The molecule has 1 heterocycles. The number of unbranched alkanes of at least 4 members (excludes halogenated alkanes) is 4. The normalized spacial score (nSPS) is 15.4. The zero-order chi connectivity index (χ0) is 22.9. The summed E-state index contributed by atoms with van der Waals surface area (Å²) in [7, 11) is -13.2. The molecule has 174 valence electrons. The molecule has 0 saturated heterocycles. The van der Waals surface area contributed by atoms with Crippen molar-refractivity contribution < 1.29 is 43.2 Å². The number of sulfonamides is 2. The van der Waals surface area contributed by atoms with Gasteiger partial charge in [0.1, 0.15) is 0 Å². The standard InChI is InChI=1S/C12H24N2.C2HF6NO4S2/c1-3-5-6-7-8-9-14-11-10-13(4-2)12-14;3-1(4,5)14(10,11)9-15(12,13)2(6,7)8/h10-11H,3-9,12H2,1-2H3;9H. The molecule has 0 atom stereocenters. The molecule has 0 fully saturated rings. The number of halogens is 6. The first-order valence-electron chi connectivity index (χ1n) is 8.65. The minimum Gasteiger partial charge on any atom is -0.359 e. The molecule has 0 amide bonds. The Balaban J connectivity index is 0.000000541. The van der Waals surface area contributed by atoms with Gasteiger partial charge in [0.25, 0.3) is 0 Å². The predicted molar refractivity (Wildman–Crippen MR) is 94.9 cm³/mol. The molecule has 0 aromatic rings. The van der Waals surface area contributed by atoms with E-state index in [1.165, 1.54) is 38.6 Å². The molecule has 0 saturated carbocycles. The van der Waals surface area contributed by atoms with Crippen LogP contribution in [-0.4, -0.2) is 57.4 Å². The van der Waals surface area contributed by atoms with Crippen LogP contribution in [0.2, 0.25) is 0 Å². The van der Waals surface area contributed by atoms with Crippen LogP contribution in [0.25, 0.3) is 0 Å². The van der Waals surface area contributed by atoms with E-state index >= 15 is 0 Å². The molecule has 0 aliphatic carbocycles. The summed E-state index contributed by atoms with van der Waals surface area (Å²) in [6.45, 7) is 7.93. The van der Waals surface area contributed by atoms with E-state index in [9.17, 15) is 43.2 Å². The number of nitrogens with zero attached hydrogens (tertiary/aromatic N) is 2. The van der Waals surface area contributed by atoms with Crippen LogP contribution in [0.3, 0.4) is 0 Å². The van der Waals surface area contributed by atoms with Gasteiger partial charge in [-0.3, -0.25) is 0 Å². The zero-order valence-corrected chi connectivity index (χ0v) is 17.6. The summed E-state index contributed by atoms with van der Waals surface area (Å²) < 4.78 is 108. The van der Waals surface area contributed by atoms with Gasteiger partial charge in [-0.2, -0.15) is 26.3 Å². The highest BCUT2D eigenvalue weighted by Gasteiger charge is 2.55. The largest absolute Gasteiger partial charge is 0.512 e. The van der Waals surface area contributed by atoms with Gasteiger partial charge in [0, 0.05) is 25.5 Å². The smallest absolute Gasteiger partial charge is 0.359 e. The van der Waals surface area contributed by atoms with Gasteiger partial charge >= 0.3 is 31.1 Å². The SMILES string of the molecule is CCCCCCCN1C=CN(CC)C1.O=S(=O)(NS(=O)(=O)C(F)(F)F)C(F)(F)F. The molecular formula is C14H25F6N3O4S2. The Labute approximate surface area is 166 Å². The fourth-order valence-corrected chi connectivity index (χ4v) is 3.94. The molecule has 1 aliphatic heterocycles. The first-order valence-corrected chi connectivity index (χ1v) is 11.6. The number of hydrogen-bond donors (Lipinski definition) is 1. The molecule has 1 N–H and O–H groups in total. The molecule has 1 aliphatic rings. The van der Waals surface area contributed by atoms with E-state index in [1.807, 2.05) is 0 Å². The summed E-state index contributed by atoms with van der Waals surface area (Å²) in [5.74, 6) is 0. The highest BCUT2D eigenvalue weighted by molar-refractivity contribution is 8.05. The Kier molecular flexibility index (Phi) is 10.8. The van der Waals surface area contributed by atoms with Gasteiger partial charge in [0.05, 0.1) is 6.67 Å². The van der Waals surface area contributed by atoms with Crippen LogP contribution in [0.5, 0.6) is 0 Å². The molecule has 0 spiro atoms. The third kappa shape index (κ3) is 9.89. The van der Waals surface area contributed by atoms with E-state index in [0.29, 0.717) is 0 Å².